The zero-order chi connectivity index (χ0) is 19.8. The Morgan fingerprint density at radius 2 is 2.18 bits per heavy atom. The molecule has 2 saturated heterocycles. The van der Waals surface area contributed by atoms with E-state index in [2.05, 4.69) is 20.3 Å². The molecule has 2 aliphatic heterocycles. The third kappa shape index (κ3) is 6.40. The fourth-order valence-corrected chi connectivity index (χ4v) is 4.19. The third-order valence-corrected chi connectivity index (χ3v) is 6.23. The lowest BCUT2D eigenvalue weighted by atomic mass is 10.1. The van der Waals surface area contributed by atoms with Gasteiger partial charge in [0.2, 0.25) is 15.9 Å². The molecule has 156 valence electrons. The van der Waals surface area contributed by atoms with E-state index in [1.54, 1.807) is 6.07 Å². The number of hydrogen-bond donors (Lipinski definition) is 3. The van der Waals surface area contributed by atoms with E-state index in [9.17, 15) is 13.2 Å². The van der Waals surface area contributed by atoms with Crippen LogP contribution >= 0.6 is 0 Å². The molecule has 10 heteroatoms. The molecule has 3 N–H and O–H groups in total. The van der Waals surface area contributed by atoms with E-state index in [-0.39, 0.29) is 22.9 Å². The Bertz CT molecular complexity index is 735. The standard InChI is InChI=1S/C18H28N4O5S/c23-18-5-2-14(22-18)6-9-19-17-4-3-16(12-20-17)28(24,25)21-8-1-10-27-15-7-11-26-13-15/h3-4,12,14-15,21H,1-2,5-11,13H2,(H,19,20)(H,22,23). The van der Waals surface area contributed by atoms with Gasteiger partial charge in [0.25, 0.3) is 0 Å². The van der Waals surface area contributed by atoms with Crippen LogP contribution in [0.3, 0.4) is 0 Å². The number of anilines is 1. The van der Waals surface area contributed by atoms with Gasteiger partial charge >= 0.3 is 0 Å². The van der Waals surface area contributed by atoms with Crippen molar-refractivity contribution in [2.24, 2.45) is 0 Å². The Hall–Kier alpha value is -1.75. The van der Waals surface area contributed by atoms with Gasteiger partial charge in [-0.1, -0.05) is 0 Å². The second-order valence-corrected chi connectivity index (χ2v) is 8.77. The number of nitrogens with zero attached hydrogens (tertiary/aromatic N) is 1. The van der Waals surface area contributed by atoms with Crippen LogP contribution in [0.2, 0.25) is 0 Å². The molecule has 0 spiro atoms. The minimum atomic E-state index is -3.58. The van der Waals surface area contributed by atoms with E-state index < -0.39 is 10.0 Å². The van der Waals surface area contributed by atoms with Crippen molar-refractivity contribution >= 4 is 21.7 Å². The first-order valence-corrected chi connectivity index (χ1v) is 11.2. The van der Waals surface area contributed by atoms with Gasteiger partial charge in [-0.25, -0.2) is 18.1 Å². The van der Waals surface area contributed by atoms with Crippen LogP contribution in [0.15, 0.2) is 23.2 Å². The molecule has 2 unspecified atom stereocenters. The van der Waals surface area contributed by atoms with Gasteiger partial charge in [0.15, 0.2) is 0 Å². The van der Waals surface area contributed by atoms with Crippen molar-refractivity contribution < 1.29 is 22.7 Å². The Kier molecular flexibility index (Phi) is 7.60. The van der Waals surface area contributed by atoms with Crippen LogP contribution in [-0.2, 0) is 24.3 Å². The molecule has 3 rings (SSSR count). The number of pyridine rings is 1. The maximum absolute atomic E-state index is 12.3. The zero-order valence-corrected chi connectivity index (χ0v) is 16.7. The van der Waals surface area contributed by atoms with Crippen LogP contribution in [0.25, 0.3) is 0 Å². The van der Waals surface area contributed by atoms with E-state index in [0.29, 0.717) is 45.0 Å². The number of hydrogen-bond acceptors (Lipinski definition) is 7. The smallest absolute Gasteiger partial charge is 0.242 e. The topological polar surface area (TPSA) is 119 Å². The Balaban J connectivity index is 1.35. The molecule has 1 amide bonds. The molecule has 2 atom stereocenters. The number of amides is 1. The Morgan fingerprint density at radius 3 is 2.86 bits per heavy atom. The number of aromatic nitrogens is 1. The minimum Gasteiger partial charge on any atom is -0.379 e. The van der Waals surface area contributed by atoms with E-state index >= 15 is 0 Å². The van der Waals surface area contributed by atoms with Crippen molar-refractivity contribution in [3.05, 3.63) is 18.3 Å². The summed E-state index contributed by atoms with van der Waals surface area (Å²) in [6, 6.07) is 3.38. The highest BCUT2D eigenvalue weighted by atomic mass is 32.2. The maximum atomic E-state index is 12.3. The molecule has 3 heterocycles. The van der Waals surface area contributed by atoms with E-state index in [1.165, 1.54) is 12.3 Å². The van der Waals surface area contributed by atoms with Gasteiger partial charge in [-0.05, 0) is 37.8 Å². The normalized spacial score (nSPS) is 22.4. The number of ether oxygens (including phenoxy) is 2. The molecule has 28 heavy (non-hydrogen) atoms. The summed E-state index contributed by atoms with van der Waals surface area (Å²) in [5.41, 5.74) is 0. The van der Waals surface area contributed by atoms with Crippen LogP contribution in [0.1, 0.15) is 32.1 Å². The third-order valence-electron chi connectivity index (χ3n) is 4.79. The van der Waals surface area contributed by atoms with Gasteiger partial charge in [0.05, 0.1) is 12.7 Å². The summed E-state index contributed by atoms with van der Waals surface area (Å²) in [6.07, 6.45) is 5.22. The lowest BCUT2D eigenvalue weighted by Gasteiger charge is -2.12. The van der Waals surface area contributed by atoms with Gasteiger partial charge in [-0.2, -0.15) is 0 Å². The SMILES string of the molecule is O=C1CCC(CCNc2ccc(S(=O)(=O)NCCCOC3CCOC3)cn2)N1. The van der Waals surface area contributed by atoms with Crippen LogP contribution in [0.4, 0.5) is 5.82 Å². The maximum Gasteiger partial charge on any atom is 0.242 e. The summed E-state index contributed by atoms with van der Waals surface area (Å²) in [4.78, 5) is 15.5. The van der Waals surface area contributed by atoms with Crippen molar-refractivity contribution in [1.29, 1.82) is 0 Å². The molecule has 0 radical (unpaired) electrons. The summed E-state index contributed by atoms with van der Waals surface area (Å²) in [7, 11) is -3.58. The van der Waals surface area contributed by atoms with Gasteiger partial charge in [0.1, 0.15) is 10.7 Å². The molecule has 9 nitrogen and oxygen atoms in total. The highest BCUT2D eigenvalue weighted by Gasteiger charge is 2.20. The molecule has 0 aromatic carbocycles. The van der Waals surface area contributed by atoms with Gasteiger partial charge in [-0.15, -0.1) is 0 Å². The summed E-state index contributed by atoms with van der Waals surface area (Å²) in [5, 5.41) is 6.06. The quantitative estimate of drug-likeness (QED) is 0.456. The largest absolute Gasteiger partial charge is 0.379 e. The molecule has 0 saturated carbocycles. The van der Waals surface area contributed by atoms with Crippen molar-refractivity contribution in [2.75, 3.05) is 38.2 Å². The number of sulfonamides is 1. The van der Waals surface area contributed by atoms with Crippen molar-refractivity contribution in [3.63, 3.8) is 0 Å². The molecular formula is C18H28N4O5S. The van der Waals surface area contributed by atoms with Gasteiger partial charge in [-0.3, -0.25) is 4.79 Å². The highest BCUT2D eigenvalue weighted by molar-refractivity contribution is 7.89. The van der Waals surface area contributed by atoms with Crippen LogP contribution < -0.4 is 15.4 Å². The fraction of sp³-hybridized carbons (Fsp3) is 0.667. The van der Waals surface area contributed by atoms with Crippen molar-refractivity contribution in [3.8, 4) is 0 Å². The van der Waals surface area contributed by atoms with Gasteiger partial charge in [0, 0.05) is 45.0 Å². The first kappa shape index (κ1) is 21.0. The highest BCUT2D eigenvalue weighted by Crippen LogP contribution is 2.13. The van der Waals surface area contributed by atoms with Crippen LogP contribution in [0, 0.1) is 0 Å². The minimum absolute atomic E-state index is 0.101. The molecule has 1 aromatic heterocycles. The Morgan fingerprint density at radius 1 is 1.29 bits per heavy atom. The van der Waals surface area contributed by atoms with Crippen LogP contribution in [-0.4, -0.2) is 64.4 Å². The second-order valence-electron chi connectivity index (χ2n) is 7.01. The number of rotatable bonds is 11. The molecule has 0 aliphatic carbocycles. The average molecular weight is 413 g/mol. The van der Waals surface area contributed by atoms with E-state index in [4.69, 9.17) is 9.47 Å². The number of carbonyl (C=O) groups excluding carboxylic acids is 1. The first-order valence-electron chi connectivity index (χ1n) is 9.71. The van der Waals surface area contributed by atoms with Crippen molar-refractivity contribution in [2.45, 2.75) is 49.1 Å². The molecule has 2 aliphatic rings. The molecular weight excluding hydrogens is 384 g/mol. The van der Waals surface area contributed by atoms with Crippen LogP contribution in [0.5, 0.6) is 0 Å². The molecule has 0 bridgehead atoms. The predicted molar refractivity (Wildman–Crippen MR) is 103 cm³/mol. The summed E-state index contributed by atoms with van der Waals surface area (Å²) in [6.45, 7) is 2.82. The lowest BCUT2D eigenvalue weighted by molar-refractivity contribution is -0.119. The molecule has 1 aromatic rings. The van der Waals surface area contributed by atoms with Gasteiger partial charge < -0.3 is 20.1 Å². The summed E-state index contributed by atoms with van der Waals surface area (Å²) >= 11 is 0. The van der Waals surface area contributed by atoms with Crippen molar-refractivity contribution in [1.82, 2.24) is 15.0 Å². The van der Waals surface area contributed by atoms with E-state index in [1.807, 2.05) is 0 Å². The average Bonchev–Trinajstić information content (AvgIpc) is 3.34. The zero-order valence-electron chi connectivity index (χ0n) is 15.9. The van der Waals surface area contributed by atoms with E-state index in [0.717, 1.165) is 25.9 Å². The second kappa shape index (κ2) is 10.1. The summed E-state index contributed by atoms with van der Waals surface area (Å²) in [5.74, 6) is 0.708. The Labute approximate surface area is 165 Å². The predicted octanol–water partition coefficient (Wildman–Crippen LogP) is 0.636. The molecule has 2 fully saturated rings. The monoisotopic (exact) mass is 412 g/mol. The number of nitrogens with one attached hydrogen (secondary N) is 3. The number of carbonyl (C=O) groups is 1. The first-order chi connectivity index (χ1) is 13.5. The fourth-order valence-electron chi connectivity index (χ4n) is 3.17. The lowest BCUT2D eigenvalue weighted by Crippen LogP contribution is -2.27. The summed E-state index contributed by atoms with van der Waals surface area (Å²) < 4.78 is 38.0.